The summed E-state index contributed by atoms with van der Waals surface area (Å²) in [5.74, 6) is 0.712. The average molecular weight is 285 g/mol. The molecule has 2 rings (SSSR count). The number of anilines is 1. The fraction of sp³-hybridized carbons (Fsp3) is 0.0833. The number of pyridine rings is 1. The SMILES string of the molecule is Nc1ccc(Cl)c(SCc2cccc(Cl)n2)c1. The Balaban J connectivity index is 2.09. The number of nitrogens with two attached hydrogens (primary N) is 1. The van der Waals surface area contributed by atoms with E-state index in [1.54, 1.807) is 30.0 Å². The fourth-order valence-corrected chi connectivity index (χ4v) is 2.66. The van der Waals surface area contributed by atoms with Crippen molar-refractivity contribution in [2.45, 2.75) is 10.6 Å². The number of aromatic nitrogens is 1. The molecule has 0 unspecified atom stereocenters. The van der Waals surface area contributed by atoms with Gasteiger partial charge in [-0.25, -0.2) is 4.98 Å². The fourth-order valence-electron chi connectivity index (χ4n) is 1.31. The molecule has 2 aromatic rings. The molecule has 0 aliphatic rings. The molecule has 0 spiro atoms. The topological polar surface area (TPSA) is 38.9 Å². The molecule has 0 bridgehead atoms. The molecule has 0 amide bonds. The average Bonchev–Trinajstić information content (AvgIpc) is 2.30. The zero-order valence-corrected chi connectivity index (χ0v) is 11.2. The molecule has 0 atom stereocenters. The largest absolute Gasteiger partial charge is 0.399 e. The normalized spacial score (nSPS) is 10.5. The maximum Gasteiger partial charge on any atom is 0.129 e. The monoisotopic (exact) mass is 284 g/mol. The van der Waals surface area contributed by atoms with Crippen molar-refractivity contribution in [1.29, 1.82) is 0 Å². The van der Waals surface area contributed by atoms with E-state index in [4.69, 9.17) is 28.9 Å². The summed E-state index contributed by atoms with van der Waals surface area (Å²) in [7, 11) is 0. The van der Waals surface area contributed by atoms with Crippen molar-refractivity contribution >= 4 is 40.7 Å². The molecule has 0 aliphatic carbocycles. The third kappa shape index (κ3) is 3.53. The van der Waals surface area contributed by atoms with E-state index < -0.39 is 0 Å². The zero-order chi connectivity index (χ0) is 12.3. The Morgan fingerprint density at radius 3 is 2.76 bits per heavy atom. The van der Waals surface area contributed by atoms with E-state index in [9.17, 15) is 0 Å². The molecule has 1 aromatic carbocycles. The molecule has 17 heavy (non-hydrogen) atoms. The van der Waals surface area contributed by atoms with Gasteiger partial charge in [-0.2, -0.15) is 0 Å². The van der Waals surface area contributed by atoms with Gasteiger partial charge in [0.15, 0.2) is 0 Å². The number of hydrogen-bond donors (Lipinski definition) is 1. The molecule has 0 radical (unpaired) electrons. The molecule has 1 aromatic heterocycles. The predicted octanol–water partition coefficient (Wildman–Crippen LogP) is 4.26. The second kappa shape index (κ2) is 5.63. The number of halogens is 2. The summed E-state index contributed by atoms with van der Waals surface area (Å²) in [6.45, 7) is 0. The first-order valence-electron chi connectivity index (χ1n) is 4.94. The molecule has 0 saturated carbocycles. The van der Waals surface area contributed by atoms with Crippen LogP contribution in [0.15, 0.2) is 41.3 Å². The van der Waals surface area contributed by atoms with Crippen LogP contribution >= 0.6 is 35.0 Å². The van der Waals surface area contributed by atoms with Crippen LogP contribution in [0.1, 0.15) is 5.69 Å². The Hall–Kier alpha value is -0.900. The number of benzene rings is 1. The predicted molar refractivity (Wildman–Crippen MR) is 74.7 cm³/mol. The van der Waals surface area contributed by atoms with Crippen molar-refractivity contribution in [3.8, 4) is 0 Å². The highest BCUT2D eigenvalue weighted by Crippen LogP contribution is 2.31. The van der Waals surface area contributed by atoms with E-state index in [-0.39, 0.29) is 0 Å². The van der Waals surface area contributed by atoms with Gasteiger partial charge in [0.05, 0.1) is 10.7 Å². The molecule has 0 fully saturated rings. The third-order valence-corrected chi connectivity index (χ3v) is 3.84. The lowest BCUT2D eigenvalue weighted by molar-refractivity contribution is 1.17. The Kier molecular flexibility index (Phi) is 4.15. The van der Waals surface area contributed by atoms with Crippen molar-refractivity contribution in [3.05, 3.63) is 52.3 Å². The van der Waals surface area contributed by atoms with Gasteiger partial charge in [0.2, 0.25) is 0 Å². The maximum atomic E-state index is 6.07. The standard InChI is InChI=1S/C12H10Cl2N2S/c13-10-5-4-8(15)6-11(10)17-7-9-2-1-3-12(14)16-9/h1-6H,7,15H2. The van der Waals surface area contributed by atoms with Crippen LogP contribution in [0, 0.1) is 0 Å². The first-order valence-corrected chi connectivity index (χ1v) is 6.68. The molecule has 5 heteroatoms. The summed E-state index contributed by atoms with van der Waals surface area (Å²) in [5, 5.41) is 1.20. The van der Waals surface area contributed by atoms with Gasteiger partial charge in [0, 0.05) is 16.3 Å². The van der Waals surface area contributed by atoms with Crippen LogP contribution in [-0.4, -0.2) is 4.98 Å². The first-order chi connectivity index (χ1) is 8.15. The number of nitrogen functional groups attached to an aromatic ring is 1. The summed E-state index contributed by atoms with van der Waals surface area (Å²) in [5.41, 5.74) is 7.33. The minimum Gasteiger partial charge on any atom is -0.399 e. The Bertz CT molecular complexity index is 532. The van der Waals surface area contributed by atoms with E-state index >= 15 is 0 Å². The quantitative estimate of drug-likeness (QED) is 0.520. The maximum absolute atomic E-state index is 6.07. The Morgan fingerprint density at radius 2 is 2.00 bits per heavy atom. The van der Waals surface area contributed by atoms with Crippen molar-refractivity contribution in [3.63, 3.8) is 0 Å². The minimum atomic E-state index is 0.502. The molecule has 88 valence electrons. The summed E-state index contributed by atoms with van der Waals surface area (Å²) in [4.78, 5) is 5.16. The summed E-state index contributed by atoms with van der Waals surface area (Å²) < 4.78 is 0. The summed E-state index contributed by atoms with van der Waals surface area (Å²) >= 11 is 13.5. The number of rotatable bonds is 3. The number of hydrogen-bond acceptors (Lipinski definition) is 3. The molecule has 2 N–H and O–H groups in total. The highest BCUT2D eigenvalue weighted by atomic mass is 35.5. The Labute approximate surface area is 114 Å². The van der Waals surface area contributed by atoms with Crippen LogP contribution in [0.4, 0.5) is 5.69 Å². The molecular formula is C12H10Cl2N2S. The highest BCUT2D eigenvalue weighted by molar-refractivity contribution is 7.98. The van der Waals surface area contributed by atoms with Gasteiger partial charge in [-0.1, -0.05) is 29.3 Å². The number of thioether (sulfide) groups is 1. The summed E-state index contributed by atoms with van der Waals surface area (Å²) in [6, 6.07) is 11.0. The van der Waals surface area contributed by atoms with E-state index in [2.05, 4.69) is 4.98 Å². The molecular weight excluding hydrogens is 275 g/mol. The molecule has 2 nitrogen and oxygen atoms in total. The van der Waals surface area contributed by atoms with Crippen molar-refractivity contribution in [2.75, 3.05) is 5.73 Å². The second-order valence-electron chi connectivity index (χ2n) is 3.43. The minimum absolute atomic E-state index is 0.502. The molecule has 0 saturated heterocycles. The van der Waals surface area contributed by atoms with E-state index in [1.165, 1.54) is 0 Å². The van der Waals surface area contributed by atoms with Crippen LogP contribution in [0.25, 0.3) is 0 Å². The third-order valence-electron chi connectivity index (χ3n) is 2.10. The summed E-state index contributed by atoms with van der Waals surface area (Å²) in [6.07, 6.45) is 0. The Morgan fingerprint density at radius 1 is 1.18 bits per heavy atom. The van der Waals surface area contributed by atoms with E-state index in [1.807, 2.05) is 18.2 Å². The van der Waals surface area contributed by atoms with Gasteiger partial charge < -0.3 is 5.73 Å². The van der Waals surface area contributed by atoms with Crippen molar-refractivity contribution in [1.82, 2.24) is 4.98 Å². The van der Waals surface area contributed by atoms with Crippen molar-refractivity contribution < 1.29 is 0 Å². The zero-order valence-electron chi connectivity index (χ0n) is 8.86. The van der Waals surface area contributed by atoms with Crippen LogP contribution in [0.2, 0.25) is 10.2 Å². The lowest BCUT2D eigenvalue weighted by Gasteiger charge is -2.05. The first kappa shape index (κ1) is 12.6. The lowest BCUT2D eigenvalue weighted by Crippen LogP contribution is -1.88. The van der Waals surface area contributed by atoms with Crippen molar-refractivity contribution in [2.24, 2.45) is 0 Å². The van der Waals surface area contributed by atoms with Gasteiger partial charge >= 0.3 is 0 Å². The highest BCUT2D eigenvalue weighted by Gasteiger charge is 2.03. The van der Waals surface area contributed by atoms with E-state index in [0.717, 1.165) is 10.6 Å². The van der Waals surface area contributed by atoms with Gasteiger partial charge in [-0.05, 0) is 30.3 Å². The van der Waals surface area contributed by atoms with Gasteiger partial charge in [0.25, 0.3) is 0 Å². The van der Waals surface area contributed by atoms with Gasteiger partial charge in [-0.15, -0.1) is 11.8 Å². The number of nitrogens with zero attached hydrogens (tertiary/aromatic N) is 1. The molecule has 0 aliphatic heterocycles. The van der Waals surface area contributed by atoms with Crippen LogP contribution < -0.4 is 5.73 Å². The smallest absolute Gasteiger partial charge is 0.129 e. The van der Waals surface area contributed by atoms with Gasteiger partial charge in [-0.3, -0.25) is 0 Å². The van der Waals surface area contributed by atoms with Crippen LogP contribution in [0.3, 0.4) is 0 Å². The van der Waals surface area contributed by atoms with Gasteiger partial charge in [0.1, 0.15) is 5.15 Å². The second-order valence-corrected chi connectivity index (χ2v) is 5.24. The van der Waals surface area contributed by atoms with E-state index in [0.29, 0.717) is 21.6 Å². The van der Waals surface area contributed by atoms with Crippen LogP contribution in [-0.2, 0) is 5.75 Å². The lowest BCUT2D eigenvalue weighted by atomic mass is 10.3. The van der Waals surface area contributed by atoms with Crippen LogP contribution in [0.5, 0.6) is 0 Å². The molecule has 1 heterocycles.